The molecule has 0 saturated heterocycles. The van der Waals surface area contributed by atoms with Crippen molar-refractivity contribution in [3.8, 4) is 5.75 Å². The minimum absolute atomic E-state index is 0.0458. The fraction of sp³-hybridized carbons (Fsp3) is 0.429. The Kier molecular flexibility index (Phi) is 4.45. The predicted octanol–water partition coefficient (Wildman–Crippen LogP) is 2.17. The van der Waals surface area contributed by atoms with Gasteiger partial charge in [0.1, 0.15) is 5.75 Å². The van der Waals surface area contributed by atoms with E-state index in [0.717, 1.165) is 12.8 Å². The second kappa shape index (κ2) is 6.27. The molecule has 6 nitrogen and oxygen atoms in total. The maximum Gasteiger partial charge on any atom is 0.322 e. The van der Waals surface area contributed by atoms with E-state index in [4.69, 9.17) is 9.84 Å². The third-order valence-electron chi connectivity index (χ3n) is 3.16. The van der Waals surface area contributed by atoms with Crippen LogP contribution in [-0.4, -0.2) is 41.7 Å². The molecular formula is C14H18N2O4. The van der Waals surface area contributed by atoms with Gasteiger partial charge in [0, 0.05) is 12.6 Å². The average molecular weight is 278 g/mol. The summed E-state index contributed by atoms with van der Waals surface area (Å²) in [6, 6.07) is 7.00. The fourth-order valence-corrected chi connectivity index (χ4v) is 1.99. The second-order valence-corrected chi connectivity index (χ2v) is 4.70. The first-order valence-electron chi connectivity index (χ1n) is 6.54. The van der Waals surface area contributed by atoms with Crippen LogP contribution in [0.2, 0.25) is 0 Å². The van der Waals surface area contributed by atoms with E-state index in [9.17, 15) is 9.59 Å². The van der Waals surface area contributed by atoms with Crippen LogP contribution < -0.4 is 10.1 Å². The summed E-state index contributed by atoms with van der Waals surface area (Å²) in [5.74, 6) is -0.324. The number of aliphatic carboxylic acids is 1. The lowest BCUT2D eigenvalue weighted by atomic mass is 10.3. The number of carboxylic acids is 1. The van der Waals surface area contributed by atoms with Crippen molar-refractivity contribution in [3.05, 3.63) is 24.3 Å². The highest BCUT2D eigenvalue weighted by molar-refractivity contribution is 5.91. The van der Waals surface area contributed by atoms with Crippen LogP contribution in [0.4, 0.5) is 10.5 Å². The molecule has 108 valence electrons. The highest BCUT2D eigenvalue weighted by atomic mass is 16.5. The molecule has 2 amide bonds. The van der Waals surface area contributed by atoms with Crippen LogP contribution in [0.3, 0.4) is 0 Å². The van der Waals surface area contributed by atoms with E-state index in [1.807, 2.05) is 6.07 Å². The van der Waals surface area contributed by atoms with Crippen LogP contribution in [0.5, 0.6) is 5.75 Å². The van der Waals surface area contributed by atoms with Crippen LogP contribution in [0.25, 0.3) is 0 Å². The first-order valence-corrected chi connectivity index (χ1v) is 6.54. The van der Waals surface area contributed by atoms with Crippen molar-refractivity contribution in [3.63, 3.8) is 0 Å². The molecule has 0 heterocycles. The average Bonchev–Trinajstić information content (AvgIpc) is 3.24. The molecule has 1 saturated carbocycles. The number of carboxylic acid groups (broad SMARTS) is 1. The molecule has 0 aliphatic heterocycles. The standard InChI is InChI=1S/C14H18N2O4/c1-20-12-5-3-2-4-11(12)15-14(19)16(10-6-7-10)9-8-13(17)18/h2-5,10H,6-9H2,1H3,(H,15,19)(H,17,18). The topological polar surface area (TPSA) is 78.9 Å². The molecule has 1 aliphatic rings. The number of carbonyl (C=O) groups excluding carboxylic acids is 1. The number of hydrogen-bond acceptors (Lipinski definition) is 3. The van der Waals surface area contributed by atoms with Gasteiger partial charge >= 0.3 is 12.0 Å². The molecule has 20 heavy (non-hydrogen) atoms. The minimum Gasteiger partial charge on any atom is -0.495 e. The van der Waals surface area contributed by atoms with Crippen molar-refractivity contribution in [1.82, 2.24) is 4.90 Å². The van der Waals surface area contributed by atoms with E-state index < -0.39 is 5.97 Å². The molecule has 0 aromatic heterocycles. The zero-order chi connectivity index (χ0) is 14.5. The van der Waals surface area contributed by atoms with Crippen LogP contribution in [-0.2, 0) is 4.79 Å². The van der Waals surface area contributed by atoms with Crippen molar-refractivity contribution in [2.75, 3.05) is 19.0 Å². The van der Waals surface area contributed by atoms with Gasteiger partial charge in [0.05, 0.1) is 19.2 Å². The van der Waals surface area contributed by atoms with Gasteiger partial charge in [0.15, 0.2) is 0 Å². The molecular weight excluding hydrogens is 260 g/mol. The number of nitrogens with zero attached hydrogens (tertiary/aromatic N) is 1. The number of methoxy groups -OCH3 is 1. The van der Waals surface area contributed by atoms with Crippen LogP contribution in [0, 0.1) is 0 Å². The van der Waals surface area contributed by atoms with E-state index in [1.54, 1.807) is 23.1 Å². The number of anilines is 1. The molecule has 0 radical (unpaired) electrons. The lowest BCUT2D eigenvalue weighted by Gasteiger charge is -2.22. The van der Waals surface area contributed by atoms with Gasteiger partial charge in [-0.3, -0.25) is 4.79 Å². The SMILES string of the molecule is COc1ccccc1NC(=O)N(CCC(=O)O)C1CC1. The van der Waals surface area contributed by atoms with E-state index >= 15 is 0 Å². The Morgan fingerprint density at radius 2 is 2.10 bits per heavy atom. The van der Waals surface area contributed by atoms with Crippen molar-refractivity contribution in [2.24, 2.45) is 0 Å². The summed E-state index contributed by atoms with van der Waals surface area (Å²) in [7, 11) is 1.54. The van der Waals surface area contributed by atoms with Crippen LogP contribution in [0.1, 0.15) is 19.3 Å². The van der Waals surface area contributed by atoms with Gasteiger partial charge in [-0.2, -0.15) is 0 Å². The van der Waals surface area contributed by atoms with Crippen LogP contribution >= 0.6 is 0 Å². The number of benzene rings is 1. The second-order valence-electron chi connectivity index (χ2n) is 4.70. The monoisotopic (exact) mass is 278 g/mol. The lowest BCUT2D eigenvalue weighted by molar-refractivity contribution is -0.137. The molecule has 0 unspecified atom stereocenters. The number of para-hydroxylation sites is 2. The highest BCUT2D eigenvalue weighted by Gasteiger charge is 2.32. The Bertz CT molecular complexity index is 500. The number of nitrogens with one attached hydrogen (secondary N) is 1. The molecule has 6 heteroatoms. The number of ether oxygens (including phenoxy) is 1. The Hall–Kier alpha value is -2.24. The third-order valence-corrected chi connectivity index (χ3v) is 3.16. The van der Waals surface area contributed by atoms with Crippen LogP contribution in [0.15, 0.2) is 24.3 Å². The van der Waals surface area contributed by atoms with E-state index in [1.165, 1.54) is 7.11 Å². The Morgan fingerprint density at radius 3 is 2.70 bits per heavy atom. The highest BCUT2D eigenvalue weighted by Crippen LogP contribution is 2.29. The number of rotatable bonds is 6. The number of carbonyl (C=O) groups is 2. The fourth-order valence-electron chi connectivity index (χ4n) is 1.99. The first-order chi connectivity index (χ1) is 9.61. The van der Waals surface area contributed by atoms with E-state index in [-0.39, 0.29) is 25.0 Å². The Morgan fingerprint density at radius 1 is 1.40 bits per heavy atom. The molecule has 0 bridgehead atoms. The van der Waals surface area contributed by atoms with Crippen molar-refractivity contribution in [2.45, 2.75) is 25.3 Å². The van der Waals surface area contributed by atoms with Gasteiger partial charge in [-0.15, -0.1) is 0 Å². The molecule has 0 spiro atoms. The molecule has 0 atom stereocenters. The summed E-state index contributed by atoms with van der Waals surface area (Å²) >= 11 is 0. The molecule has 1 aromatic rings. The van der Waals surface area contributed by atoms with Gasteiger partial charge in [0.2, 0.25) is 0 Å². The van der Waals surface area contributed by atoms with Gasteiger partial charge < -0.3 is 20.1 Å². The summed E-state index contributed by atoms with van der Waals surface area (Å²) in [6.45, 7) is 0.223. The van der Waals surface area contributed by atoms with Crippen molar-refractivity contribution in [1.29, 1.82) is 0 Å². The molecule has 2 N–H and O–H groups in total. The quantitative estimate of drug-likeness (QED) is 0.835. The molecule has 1 aromatic carbocycles. The predicted molar refractivity (Wildman–Crippen MR) is 74.0 cm³/mol. The molecule has 2 rings (SSSR count). The summed E-state index contributed by atoms with van der Waals surface area (Å²) in [5, 5.41) is 11.5. The summed E-state index contributed by atoms with van der Waals surface area (Å²) in [6.07, 6.45) is 1.81. The summed E-state index contributed by atoms with van der Waals surface area (Å²) in [4.78, 5) is 24.5. The minimum atomic E-state index is -0.902. The van der Waals surface area contributed by atoms with Gasteiger partial charge in [-0.1, -0.05) is 12.1 Å². The number of amides is 2. The van der Waals surface area contributed by atoms with Gasteiger partial charge in [0.25, 0.3) is 0 Å². The van der Waals surface area contributed by atoms with Crippen molar-refractivity contribution >= 4 is 17.7 Å². The van der Waals surface area contributed by atoms with Crippen molar-refractivity contribution < 1.29 is 19.4 Å². The normalized spacial score (nSPS) is 13.7. The first kappa shape index (κ1) is 14.2. The molecule has 1 fully saturated rings. The maximum atomic E-state index is 12.2. The summed E-state index contributed by atoms with van der Waals surface area (Å²) < 4.78 is 5.17. The van der Waals surface area contributed by atoms with Gasteiger partial charge in [-0.25, -0.2) is 4.79 Å². The molecule has 1 aliphatic carbocycles. The Labute approximate surface area is 117 Å². The van der Waals surface area contributed by atoms with E-state index in [2.05, 4.69) is 5.32 Å². The van der Waals surface area contributed by atoms with E-state index in [0.29, 0.717) is 11.4 Å². The maximum absolute atomic E-state index is 12.2. The smallest absolute Gasteiger partial charge is 0.322 e. The number of urea groups is 1. The zero-order valence-corrected chi connectivity index (χ0v) is 11.3. The largest absolute Gasteiger partial charge is 0.495 e. The number of hydrogen-bond donors (Lipinski definition) is 2. The Balaban J connectivity index is 2.02. The summed E-state index contributed by atoms with van der Waals surface area (Å²) in [5.41, 5.74) is 0.584. The van der Waals surface area contributed by atoms with Gasteiger partial charge in [-0.05, 0) is 25.0 Å². The third kappa shape index (κ3) is 3.63. The zero-order valence-electron chi connectivity index (χ0n) is 11.3. The lowest BCUT2D eigenvalue weighted by Crippen LogP contribution is -2.38.